The van der Waals surface area contributed by atoms with E-state index in [2.05, 4.69) is 25.9 Å². The molecule has 0 saturated heterocycles. The van der Waals surface area contributed by atoms with E-state index in [4.69, 9.17) is 16.9 Å². The Balaban J connectivity index is 0.000000956. The van der Waals surface area contributed by atoms with Crippen LogP contribution in [0.25, 0.3) is 0 Å². The number of anilines is 2. The Morgan fingerprint density at radius 1 is 1.25 bits per heavy atom. The molecule has 2 heterocycles. The average molecular weight is 336 g/mol. The summed E-state index contributed by atoms with van der Waals surface area (Å²) < 4.78 is 0.524. The molecule has 0 spiro atoms. The first-order valence-corrected chi connectivity index (χ1v) is 7.01. The Labute approximate surface area is 127 Å². The maximum absolute atomic E-state index is 8.17. The van der Waals surface area contributed by atoms with Gasteiger partial charge in [-0.1, -0.05) is 13.8 Å². The van der Waals surface area contributed by atoms with Gasteiger partial charge in [-0.15, -0.1) is 0 Å². The molecule has 0 fully saturated rings. The van der Waals surface area contributed by atoms with E-state index in [0.29, 0.717) is 27.3 Å². The highest BCUT2D eigenvalue weighted by Gasteiger charge is 2.13. The van der Waals surface area contributed by atoms with E-state index in [0.717, 1.165) is 11.3 Å². The van der Waals surface area contributed by atoms with Crippen molar-refractivity contribution >= 4 is 33.1 Å². The van der Waals surface area contributed by atoms with Crippen LogP contribution < -0.4 is 11.5 Å². The summed E-state index contributed by atoms with van der Waals surface area (Å²) in [6, 6.07) is 3.59. The number of pyridine rings is 2. The van der Waals surface area contributed by atoms with Gasteiger partial charge < -0.3 is 11.5 Å². The zero-order chi connectivity index (χ0) is 15.3. The van der Waals surface area contributed by atoms with Crippen LogP contribution >= 0.6 is 15.9 Å². The molecule has 5 N–H and O–H groups in total. The summed E-state index contributed by atoms with van der Waals surface area (Å²) >= 11 is 3.26. The number of aryl methyl sites for hydroxylation is 1. The third-order valence-electron chi connectivity index (χ3n) is 2.54. The second kappa shape index (κ2) is 7.00. The molecule has 5 nitrogen and oxygen atoms in total. The van der Waals surface area contributed by atoms with E-state index in [-0.39, 0.29) is 0 Å². The van der Waals surface area contributed by atoms with E-state index in [1.165, 1.54) is 6.20 Å². The molecule has 0 aliphatic heterocycles. The van der Waals surface area contributed by atoms with E-state index in [1.807, 2.05) is 26.8 Å². The van der Waals surface area contributed by atoms with Crippen LogP contribution in [0, 0.1) is 12.3 Å². The van der Waals surface area contributed by atoms with Gasteiger partial charge in [-0.25, -0.2) is 4.98 Å². The topological polar surface area (TPSA) is 102 Å². The smallest absolute Gasteiger partial charge is 0.139 e. The molecular weight excluding hydrogens is 318 g/mol. The predicted octanol–water partition coefficient (Wildman–Crippen LogP) is 3.15. The summed E-state index contributed by atoms with van der Waals surface area (Å²) in [5.41, 5.74) is 14.4. The third-order valence-corrected chi connectivity index (χ3v) is 3.37. The Bertz CT molecular complexity index is 625. The Hall–Kier alpha value is -1.95. The average Bonchev–Trinajstić information content (AvgIpc) is 2.46. The minimum absolute atomic E-state index is 0.297. The lowest BCUT2D eigenvalue weighted by Crippen LogP contribution is -2.09. The molecule has 0 saturated carbocycles. The van der Waals surface area contributed by atoms with Crippen molar-refractivity contribution in [1.82, 2.24) is 9.97 Å². The molecule has 0 aromatic carbocycles. The zero-order valence-corrected chi connectivity index (χ0v) is 13.3. The summed E-state index contributed by atoms with van der Waals surface area (Å²) in [5, 5.41) is 8.17. The van der Waals surface area contributed by atoms with Crippen molar-refractivity contribution in [2.45, 2.75) is 20.8 Å². The Kier molecular flexibility index (Phi) is 5.64. The van der Waals surface area contributed by atoms with Crippen molar-refractivity contribution in [3.63, 3.8) is 0 Å². The molecule has 0 amide bonds. The molecule has 2 rings (SSSR count). The maximum Gasteiger partial charge on any atom is 0.139 e. The van der Waals surface area contributed by atoms with Gasteiger partial charge in [0.25, 0.3) is 0 Å². The molecule has 0 atom stereocenters. The number of nitrogens with zero attached hydrogens (tertiary/aromatic N) is 2. The normalized spacial score (nSPS) is 9.60. The van der Waals surface area contributed by atoms with E-state index >= 15 is 0 Å². The number of hydrogen-bond donors (Lipinski definition) is 3. The summed E-state index contributed by atoms with van der Waals surface area (Å²) in [6.45, 7) is 5.87. The highest BCUT2D eigenvalue weighted by Crippen LogP contribution is 2.28. The Morgan fingerprint density at radius 2 is 1.90 bits per heavy atom. The second-order valence-corrected chi connectivity index (χ2v) is 4.64. The number of nitrogens with two attached hydrogens (primary N) is 2. The van der Waals surface area contributed by atoms with Crippen LogP contribution in [-0.4, -0.2) is 15.7 Å². The van der Waals surface area contributed by atoms with Gasteiger partial charge in [-0.2, -0.15) is 0 Å². The predicted molar refractivity (Wildman–Crippen MR) is 87.0 cm³/mol. The minimum atomic E-state index is 0.297. The van der Waals surface area contributed by atoms with Gasteiger partial charge in [0.15, 0.2) is 0 Å². The van der Waals surface area contributed by atoms with Crippen molar-refractivity contribution in [3.8, 4) is 0 Å². The molecule has 0 aliphatic carbocycles. The van der Waals surface area contributed by atoms with Crippen molar-refractivity contribution < 1.29 is 0 Å². The number of halogens is 1. The summed E-state index contributed by atoms with van der Waals surface area (Å²) in [7, 11) is 0. The van der Waals surface area contributed by atoms with Crippen molar-refractivity contribution in [2.75, 3.05) is 11.5 Å². The van der Waals surface area contributed by atoms with Gasteiger partial charge in [-0.05, 0) is 35.0 Å². The van der Waals surface area contributed by atoms with Crippen LogP contribution in [0.1, 0.15) is 30.7 Å². The fourth-order valence-electron chi connectivity index (χ4n) is 1.57. The molecule has 0 aliphatic rings. The maximum atomic E-state index is 8.17. The molecule has 106 valence electrons. The van der Waals surface area contributed by atoms with Gasteiger partial charge in [0.2, 0.25) is 0 Å². The highest BCUT2D eigenvalue weighted by molar-refractivity contribution is 9.10. The first-order chi connectivity index (χ1) is 9.50. The number of aromatic nitrogens is 2. The Morgan fingerprint density at radius 3 is 2.50 bits per heavy atom. The zero-order valence-electron chi connectivity index (χ0n) is 11.7. The van der Waals surface area contributed by atoms with Gasteiger partial charge in [-0.3, -0.25) is 10.4 Å². The third kappa shape index (κ3) is 3.33. The quantitative estimate of drug-likeness (QED) is 0.733. The number of rotatable bonds is 2. The number of nitrogen functional groups attached to an aromatic ring is 2. The molecular formula is C14H18BrN5. The lowest BCUT2D eigenvalue weighted by molar-refractivity contribution is 1.19. The van der Waals surface area contributed by atoms with E-state index in [9.17, 15) is 0 Å². The molecule has 6 heteroatoms. The molecule has 2 aromatic rings. The first kappa shape index (κ1) is 16.1. The van der Waals surface area contributed by atoms with Crippen LogP contribution in [-0.2, 0) is 0 Å². The van der Waals surface area contributed by atoms with E-state index < -0.39 is 0 Å². The lowest BCUT2D eigenvalue weighted by Gasteiger charge is -2.10. The van der Waals surface area contributed by atoms with Crippen LogP contribution in [0.2, 0.25) is 0 Å². The van der Waals surface area contributed by atoms with E-state index in [1.54, 1.807) is 12.3 Å². The summed E-state index contributed by atoms with van der Waals surface area (Å²) in [4.78, 5) is 8.10. The standard InChI is InChI=1S/C12H12BrN5.C2H6/c1-6-4-7(2-3-17-6)10(14)8-5-18-12(16)9(13)11(8)15;1-2/h2-5,14H,1H3,(H4,15,16,18);1-2H3. The van der Waals surface area contributed by atoms with Gasteiger partial charge in [0.05, 0.1) is 15.9 Å². The van der Waals surface area contributed by atoms with Gasteiger partial charge in [0.1, 0.15) is 5.82 Å². The SMILES string of the molecule is CC.Cc1cc(C(=N)c2cnc(N)c(Br)c2N)ccn1. The van der Waals surface area contributed by atoms with Crippen LogP contribution in [0.5, 0.6) is 0 Å². The number of nitrogens with one attached hydrogen (secondary N) is 1. The first-order valence-electron chi connectivity index (χ1n) is 6.22. The molecule has 20 heavy (non-hydrogen) atoms. The largest absolute Gasteiger partial charge is 0.397 e. The highest BCUT2D eigenvalue weighted by atomic mass is 79.9. The molecule has 0 radical (unpaired) electrons. The van der Waals surface area contributed by atoms with Crippen molar-refractivity contribution in [3.05, 3.63) is 45.8 Å². The molecule has 2 aromatic heterocycles. The van der Waals surface area contributed by atoms with Gasteiger partial charge in [0, 0.05) is 29.2 Å². The van der Waals surface area contributed by atoms with Crippen LogP contribution in [0.3, 0.4) is 0 Å². The summed E-state index contributed by atoms with van der Waals surface area (Å²) in [5.74, 6) is 0.315. The minimum Gasteiger partial charge on any atom is -0.397 e. The number of hydrogen-bond acceptors (Lipinski definition) is 5. The van der Waals surface area contributed by atoms with Crippen molar-refractivity contribution in [1.29, 1.82) is 5.41 Å². The molecule has 0 unspecified atom stereocenters. The summed E-state index contributed by atoms with van der Waals surface area (Å²) in [6.07, 6.45) is 3.17. The van der Waals surface area contributed by atoms with Crippen LogP contribution in [0.15, 0.2) is 29.0 Å². The fourth-order valence-corrected chi connectivity index (χ4v) is 1.89. The lowest BCUT2D eigenvalue weighted by atomic mass is 10.0. The fraction of sp³-hybridized carbons (Fsp3) is 0.214. The van der Waals surface area contributed by atoms with Gasteiger partial charge >= 0.3 is 0 Å². The van der Waals surface area contributed by atoms with Crippen LogP contribution in [0.4, 0.5) is 11.5 Å². The van der Waals surface area contributed by atoms with Crippen molar-refractivity contribution in [2.24, 2.45) is 0 Å². The monoisotopic (exact) mass is 335 g/mol. The second-order valence-electron chi connectivity index (χ2n) is 3.85. The molecule has 0 bridgehead atoms.